The topological polar surface area (TPSA) is 42.7 Å². The molecule has 2 aromatic heterocycles. The number of nitrogens with one attached hydrogen (secondary N) is 1. The quantitative estimate of drug-likeness (QED) is 0.888. The van der Waals surface area contributed by atoms with E-state index in [0.29, 0.717) is 0 Å². The van der Waals surface area contributed by atoms with E-state index in [9.17, 15) is 0 Å². The maximum Gasteiger partial charge on any atom is 0.0782 e. The van der Waals surface area contributed by atoms with Gasteiger partial charge in [-0.2, -0.15) is 5.10 Å². The highest BCUT2D eigenvalue weighted by atomic mass is 79.9. The van der Waals surface area contributed by atoms with Crippen molar-refractivity contribution < 1.29 is 0 Å². The molecule has 0 aliphatic rings. The molecule has 2 heterocycles. The third-order valence-corrected chi connectivity index (χ3v) is 3.42. The fourth-order valence-corrected chi connectivity index (χ4v) is 2.18. The number of aryl methyl sites for hydroxylation is 1. The lowest BCUT2D eigenvalue weighted by atomic mass is 10.1. The second kappa shape index (κ2) is 6.82. The summed E-state index contributed by atoms with van der Waals surface area (Å²) in [4.78, 5) is 4.50. The number of hydrogen-bond acceptors (Lipinski definition) is 3. The molecule has 2 aromatic rings. The molecule has 2 rings (SSSR count). The minimum atomic E-state index is 0.105. The molecular weight excluding hydrogens is 304 g/mol. The largest absolute Gasteiger partial charge is 0.305 e. The predicted molar refractivity (Wildman–Crippen MR) is 80.0 cm³/mol. The molecule has 4 nitrogen and oxygen atoms in total. The Hall–Kier alpha value is -1.20. The number of halogens is 1. The van der Waals surface area contributed by atoms with Gasteiger partial charge in [-0.1, -0.05) is 6.92 Å². The standard InChI is InChI=1S/C14H19BrN4/c1-3-7-16-14(11-8-18-19(4-2)10-11)13-6-5-12(15)9-17-13/h5-6,8-10,14,16H,3-4,7H2,1-2H3. The summed E-state index contributed by atoms with van der Waals surface area (Å²) in [5.41, 5.74) is 2.18. The molecule has 1 N–H and O–H groups in total. The van der Waals surface area contributed by atoms with Crippen molar-refractivity contribution in [3.63, 3.8) is 0 Å². The van der Waals surface area contributed by atoms with Crippen LogP contribution in [0.1, 0.15) is 37.6 Å². The van der Waals surface area contributed by atoms with Crippen LogP contribution in [0.3, 0.4) is 0 Å². The van der Waals surface area contributed by atoms with E-state index in [1.165, 1.54) is 0 Å². The SMILES string of the molecule is CCCNC(c1cnn(CC)c1)c1ccc(Br)cn1. The highest BCUT2D eigenvalue weighted by molar-refractivity contribution is 9.10. The van der Waals surface area contributed by atoms with Crippen LogP contribution in [-0.2, 0) is 6.54 Å². The Bertz CT molecular complexity index is 506. The van der Waals surface area contributed by atoms with Crippen LogP contribution in [0.2, 0.25) is 0 Å². The first-order valence-corrected chi connectivity index (χ1v) is 7.41. The zero-order valence-corrected chi connectivity index (χ0v) is 12.9. The first-order valence-electron chi connectivity index (χ1n) is 6.61. The van der Waals surface area contributed by atoms with Crippen molar-refractivity contribution in [2.45, 2.75) is 32.9 Å². The summed E-state index contributed by atoms with van der Waals surface area (Å²) in [5, 5.41) is 7.87. The molecular formula is C14H19BrN4. The van der Waals surface area contributed by atoms with Crippen molar-refractivity contribution in [1.29, 1.82) is 0 Å². The van der Waals surface area contributed by atoms with E-state index in [4.69, 9.17) is 0 Å². The van der Waals surface area contributed by atoms with Crippen LogP contribution in [0.5, 0.6) is 0 Å². The molecule has 19 heavy (non-hydrogen) atoms. The second-order valence-electron chi connectivity index (χ2n) is 4.42. The summed E-state index contributed by atoms with van der Waals surface area (Å²) >= 11 is 3.42. The summed E-state index contributed by atoms with van der Waals surface area (Å²) in [6, 6.07) is 4.17. The molecule has 0 saturated carbocycles. The second-order valence-corrected chi connectivity index (χ2v) is 5.33. The Morgan fingerprint density at radius 2 is 2.16 bits per heavy atom. The Morgan fingerprint density at radius 3 is 2.74 bits per heavy atom. The van der Waals surface area contributed by atoms with Gasteiger partial charge in [0.15, 0.2) is 0 Å². The fraction of sp³-hybridized carbons (Fsp3) is 0.429. The van der Waals surface area contributed by atoms with Crippen molar-refractivity contribution >= 4 is 15.9 Å². The summed E-state index contributed by atoms with van der Waals surface area (Å²) in [6.07, 6.45) is 6.92. The Balaban J connectivity index is 2.26. The fourth-order valence-electron chi connectivity index (χ4n) is 1.94. The van der Waals surface area contributed by atoms with Crippen LogP contribution in [0.15, 0.2) is 35.2 Å². The molecule has 0 bridgehead atoms. The zero-order valence-electron chi connectivity index (χ0n) is 11.3. The van der Waals surface area contributed by atoms with Crippen LogP contribution in [0, 0.1) is 0 Å². The number of pyridine rings is 1. The van der Waals surface area contributed by atoms with Crippen molar-refractivity contribution in [3.8, 4) is 0 Å². The number of nitrogens with zero attached hydrogens (tertiary/aromatic N) is 3. The van der Waals surface area contributed by atoms with Gasteiger partial charge in [0.2, 0.25) is 0 Å². The molecule has 102 valence electrons. The van der Waals surface area contributed by atoms with E-state index in [0.717, 1.165) is 35.2 Å². The Kier molecular flexibility index (Phi) is 5.10. The maximum atomic E-state index is 4.50. The molecule has 0 fully saturated rings. The monoisotopic (exact) mass is 322 g/mol. The van der Waals surface area contributed by atoms with Crippen molar-refractivity contribution in [1.82, 2.24) is 20.1 Å². The number of hydrogen-bond donors (Lipinski definition) is 1. The van der Waals surface area contributed by atoms with Crippen LogP contribution in [-0.4, -0.2) is 21.3 Å². The van der Waals surface area contributed by atoms with Gasteiger partial charge in [0.25, 0.3) is 0 Å². The van der Waals surface area contributed by atoms with E-state index in [-0.39, 0.29) is 6.04 Å². The molecule has 1 atom stereocenters. The first-order chi connectivity index (χ1) is 9.24. The summed E-state index contributed by atoms with van der Waals surface area (Å²) in [5.74, 6) is 0. The Labute approximate surface area is 122 Å². The third-order valence-electron chi connectivity index (χ3n) is 2.96. The van der Waals surface area contributed by atoms with Gasteiger partial charge in [-0.15, -0.1) is 0 Å². The zero-order chi connectivity index (χ0) is 13.7. The van der Waals surface area contributed by atoms with Gasteiger partial charge in [0.05, 0.1) is 17.9 Å². The molecule has 0 spiro atoms. The van der Waals surface area contributed by atoms with E-state index in [2.05, 4.69) is 51.4 Å². The van der Waals surface area contributed by atoms with Crippen LogP contribution in [0.25, 0.3) is 0 Å². The van der Waals surface area contributed by atoms with E-state index in [1.807, 2.05) is 29.2 Å². The predicted octanol–water partition coefficient (Wildman–Crippen LogP) is 3.15. The van der Waals surface area contributed by atoms with Gasteiger partial charge in [-0.25, -0.2) is 0 Å². The van der Waals surface area contributed by atoms with E-state index in [1.54, 1.807) is 0 Å². The molecule has 0 aliphatic carbocycles. The summed E-state index contributed by atoms with van der Waals surface area (Å²) in [7, 11) is 0. The molecule has 1 unspecified atom stereocenters. The van der Waals surface area contributed by atoms with Gasteiger partial charge in [-0.3, -0.25) is 9.67 Å². The first kappa shape index (κ1) is 14.2. The van der Waals surface area contributed by atoms with Gasteiger partial charge in [-0.05, 0) is 48.0 Å². The minimum Gasteiger partial charge on any atom is -0.305 e. The Morgan fingerprint density at radius 1 is 1.32 bits per heavy atom. The number of rotatable bonds is 6. The van der Waals surface area contributed by atoms with Crippen LogP contribution < -0.4 is 5.32 Å². The molecule has 0 radical (unpaired) electrons. The maximum absolute atomic E-state index is 4.50. The normalized spacial score (nSPS) is 12.6. The van der Waals surface area contributed by atoms with Gasteiger partial charge in [0.1, 0.15) is 0 Å². The van der Waals surface area contributed by atoms with Gasteiger partial charge < -0.3 is 5.32 Å². The van der Waals surface area contributed by atoms with Crippen molar-refractivity contribution in [3.05, 3.63) is 46.5 Å². The summed E-state index contributed by atoms with van der Waals surface area (Å²) in [6.45, 7) is 6.09. The number of aromatic nitrogens is 3. The molecule has 5 heteroatoms. The minimum absolute atomic E-state index is 0.105. The lowest BCUT2D eigenvalue weighted by Gasteiger charge is -2.16. The average Bonchev–Trinajstić information content (AvgIpc) is 2.90. The van der Waals surface area contributed by atoms with Crippen LogP contribution in [0.4, 0.5) is 0 Å². The lowest BCUT2D eigenvalue weighted by molar-refractivity contribution is 0.584. The smallest absolute Gasteiger partial charge is 0.0782 e. The van der Waals surface area contributed by atoms with E-state index >= 15 is 0 Å². The lowest BCUT2D eigenvalue weighted by Crippen LogP contribution is -2.23. The molecule has 0 aliphatic heterocycles. The summed E-state index contributed by atoms with van der Waals surface area (Å²) < 4.78 is 2.93. The third kappa shape index (κ3) is 3.64. The average molecular weight is 323 g/mol. The van der Waals surface area contributed by atoms with E-state index < -0.39 is 0 Å². The highest BCUT2D eigenvalue weighted by Gasteiger charge is 2.16. The highest BCUT2D eigenvalue weighted by Crippen LogP contribution is 2.21. The van der Waals surface area contributed by atoms with Crippen molar-refractivity contribution in [2.24, 2.45) is 0 Å². The molecule has 0 saturated heterocycles. The molecule has 0 aromatic carbocycles. The van der Waals surface area contributed by atoms with Crippen molar-refractivity contribution in [2.75, 3.05) is 6.54 Å². The van der Waals surface area contributed by atoms with Crippen LogP contribution >= 0.6 is 15.9 Å². The van der Waals surface area contributed by atoms with Gasteiger partial charge >= 0.3 is 0 Å². The van der Waals surface area contributed by atoms with Gasteiger partial charge in [0, 0.05) is 29.0 Å². The molecule has 0 amide bonds.